The third kappa shape index (κ3) is 21.3. The topological polar surface area (TPSA) is 89.0 Å². The molecule has 2 heterocycles. The number of ether oxygens (including phenoxy) is 4. The molecule has 2 aliphatic heterocycles. The molecule has 0 aromatic heterocycles. The van der Waals surface area contributed by atoms with Gasteiger partial charge in [0.05, 0.1) is 14.6 Å². The molecular weight excluding hydrogens is 1180 g/mol. The van der Waals surface area contributed by atoms with E-state index in [1.54, 1.807) is 0 Å². The zero-order valence-corrected chi connectivity index (χ0v) is 49.8. The molecule has 2 aliphatic rings. The molecule has 0 bridgehead atoms. The van der Waals surface area contributed by atoms with Gasteiger partial charge in [0.1, 0.15) is 0 Å². The van der Waals surface area contributed by atoms with Crippen LogP contribution in [-0.2, 0) is 0 Å². The first-order valence-corrected chi connectivity index (χ1v) is 27.5. The minimum absolute atomic E-state index is 0.0222. The lowest BCUT2D eigenvalue weighted by molar-refractivity contribution is -0.287. The maximum atomic E-state index is 12.7. The zero-order chi connectivity index (χ0) is 64.7. The summed E-state index contributed by atoms with van der Waals surface area (Å²) in [5, 5.41) is 0. The van der Waals surface area contributed by atoms with Gasteiger partial charge in [-0.15, -0.1) is 17.6 Å². The van der Waals surface area contributed by atoms with E-state index in [-0.39, 0.29) is 37.6 Å². The van der Waals surface area contributed by atoms with Crippen LogP contribution < -0.4 is 30.4 Å². The van der Waals surface area contributed by atoms with Crippen LogP contribution in [0.25, 0.3) is 0 Å². The molecule has 0 amide bonds. The first-order chi connectivity index (χ1) is 37.8. The number of anilines is 2. The van der Waals surface area contributed by atoms with Crippen LogP contribution in [0.1, 0.15) is 0 Å². The van der Waals surface area contributed by atoms with Crippen LogP contribution in [0.3, 0.4) is 0 Å². The quantitative estimate of drug-likeness (QED) is 0.0554. The molecule has 4 rings (SSSR count). The van der Waals surface area contributed by atoms with Crippen LogP contribution >= 0.6 is 47.8 Å². The molecule has 0 spiro atoms. The number of fused-ring (bicyclic) bond motifs is 2. The highest BCUT2D eigenvalue weighted by atomic mass is 79.9. The minimum atomic E-state index is -3.63. The Morgan fingerprint density at radius 1 is 0.313 bits per heavy atom. The lowest BCUT2D eigenvalue weighted by Gasteiger charge is -2.58. The number of rotatable bonds is 26. The van der Waals surface area contributed by atoms with Gasteiger partial charge in [0.15, 0.2) is 23.0 Å². The molecule has 0 saturated carbocycles. The molecule has 314 valence electrons. The van der Waals surface area contributed by atoms with Crippen LogP contribution in [0.15, 0.2) is 31.6 Å². The highest BCUT2D eigenvalue weighted by Crippen LogP contribution is 2.50. The Balaban J connectivity index is 0.000000687. The number of hydrogen-bond donors (Lipinski definition) is 2. The summed E-state index contributed by atoms with van der Waals surface area (Å²) in [6.07, 6.45) is -44.4. The average molecular weight is 1190 g/mol. The summed E-state index contributed by atoms with van der Waals surface area (Å²) in [5.41, 5.74) is 11.6. The van der Waals surface area contributed by atoms with Gasteiger partial charge in [0, 0.05) is 413 Å². The molecule has 0 atom stereocenters. The van der Waals surface area contributed by atoms with Crippen molar-refractivity contribution in [3.8, 4) is 23.0 Å². The van der Waals surface area contributed by atoms with Gasteiger partial charge in [-0.05, 0) is 59.9 Å². The van der Waals surface area contributed by atoms with E-state index in [0.717, 1.165) is 0 Å². The van der Waals surface area contributed by atoms with Crippen molar-refractivity contribution >= 4 is 456 Å². The maximum absolute atomic E-state index is 12.7. The molecule has 58 radical (unpaired) electrons. The lowest BCUT2D eigenvalue weighted by atomic mass is 8.23. The van der Waals surface area contributed by atoms with E-state index in [9.17, 15) is 17.6 Å². The minimum Gasteiger partial charge on any atom is -0.398 e. The number of alkyl halides is 4. The van der Waals surface area contributed by atoms with Crippen molar-refractivity contribution in [2.24, 2.45) is 0 Å². The van der Waals surface area contributed by atoms with E-state index in [0.29, 0.717) is 10.2 Å². The van der Waals surface area contributed by atoms with Crippen molar-refractivity contribution in [3.05, 3.63) is 31.6 Å². The standard InChI is InChI=1S/C7H3Br2F2NO2.C7H4BrF2NO2.B56/c8-2-1-3-6(4(9)5(2)12)14-7(10,11)13-3;8-5-3(11)1-2-4-6(5)13-7(9,10)12-4;1-30(2)44(29)51(43(27)28)55(52(45(31(3)4)32(5)6)46(33(7)8)34(9)10)56(53(47(35(11)12)36(13)14)48(37(15)16)38(17)18)54(49(39(19)20)40(21)22)50(41(23)24)42(25)26/h1H,12H2;1-2H,11H2;. The van der Waals surface area contributed by atoms with Crippen molar-refractivity contribution in [2.45, 2.75) is 12.6 Å². The third-order valence-corrected chi connectivity index (χ3v) is 17.0. The molecule has 2 aromatic rings. The van der Waals surface area contributed by atoms with Crippen molar-refractivity contribution in [3.63, 3.8) is 0 Å². The van der Waals surface area contributed by atoms with Crippen molar-refractivity contribution < 1.29 is 36.5 Å². The van der Waals surface area contributed by atoms with E-state index >= 15 is 0 Å². The number of nitrogens with two attached hydrogens (primary N) is 2. The van der Waals surface area contributed by atoms with Crippen molar-refractivity contribution in [1.29, 1.82) is 0 Å². The summed E-state index contributed by atoms with van der Waals surface area (Å²) in [7, 11) is 189. The van der Waals surface area contributed by atoms with Gasteiger partial charge in [-0.1, -0.05) is 0 Å². The maximum Gasteiger partial charge on any atom is 0.586 e. The molecule has 6 nitrogen and oxygen atoms in total. The highest BCUT2D eigenvalue weighted by Gasteiger charge is 2.62. The summed E-state index contributed by atoms with van der Waals surface area (Å²) in [4.78, 5) is 0. The Morgan fingerprint density at radius 3 is 0.819 bits per heavy atom. The predicted octanol–water partition coefficient (Wildman–Crippen LogP) is -15.9. The second kappa shape index (κ2) is 34.8. The second-order valence-corrected chi connectivity index (χ2v) is 23.1. The Morgan fingerprint density at radius 2 is 0.554 bits per heavy atom. The van der Waals surface area contributed by atoms with E-state index in [2.05, 4.69) is 66.7 Å². The summed E-state index contributed by atoms with van der Waals surface area (Å²) in [6.45, 7) is 0. The van der Waals surface area contributed by atoms with Gasteiger partial charge >= 0.3 is 12.6 Å². The molecule has 0 saturated heterocycles. The van der Waals surface area contributed by atoms with Gasteiger partial charge in [-0.2, -0.15) is 0 Å². The Kier molecular flexibility index (Phi) is 34.0. The van der Waals surface area contributed by atoms with Crippen LogP contribution in [0.4, 0.5) is 28.9 Å². The van der Waals surface area contributed by atoms with Gasteiger partial charge in [0.2, 0.25) is 0 Å². The van der Waals surface area contributed by atoms with Crippen molar-refractivity contribution in [2.75, 3.05) is 11.5 Å². The van der Waals surface area contributed by atoms with Crippen LogP contribution in [0, 0.1) is 0 Å². The number of halogens is 7. The molecule has 2 aromatic carbocycles. The van der Waals surface area contributed by atoms with Crippen molar-refractivity contribution in [1.82, 2.24) is 0 Å². The monoisotopic (exact) mass is 1200 g/mol. The fourth-order valence-electron chi connectivity index (χ4n) is 11.5. The number of benzene rings is 2. The van der Waals surface area contributed by atoms with Crippen LogP contribution in [-0.4, -0.2) is 409 Å². The average Bonchev–Trinajstić information content (AvgIpc) is 3.80. The Hall–Kier alpha value is 2.04. The fourth-order valence-corrected chi connectivity index (χ4v) is 13.1. The Bertz CT molecular complexity index is 2160. The largest absolute Gasteiger partial charge is 0.586 e. The zero-order valence-electron chi connectivity index (χ0n) is 45.0. The van der Waals surface area contributed by atoms with Gasteiger partial charge in [-0.3, -0.25) is 0 Å². The van der Waals surface area contributed by atoms with Crippen LogP contribution in [0.2, 0.25) is 0 Å². The highest BCUT2D eigenvalue weighted by molar-refractivity contribution is 9.11. The SMILES string of the molecule is Nc1c(Br)cc2c(c1Br)OC(F)(F)O2.Nc1ccc2c(c1Br)OC(F)(F)O2.[B]B([B])B([B])B(B([B])[B])B(B(B(B([B])[B])B([B])[B])B(B([B])[B])B([B])[B])B(B(B(B([B])[B])B([B])[B])B(B([B])[B])B([B])[B])B(B(B([B])[B])B([B])[B])B(B([B])[B])B([B])[B]. The summed E-state index contributed by atoms with van der Waals surface area (Å²) in [6, 6.07) is 4.11. The fraction of sp³-hybridized carbons (Fsp3) is 0.143. The normalized spacial score (nSPS) is 12.2. The second-order valence-electron chi connectivity index (χ2n) is 20.6. The molecule has 4 N–H and O–H groups in total. The first kappa shape index (κ1) is 81.1. The van der Waals surface area contributed by atoms with Gasteiger partial charge in [-0.25, -0.2) is 0 Å². The van der Waals surface area contributed by atoms with E-state index in [1.165, 1.54) is 18.2 Å². The smallest absolute Gasteiger partial charge is 0.398 e. The molecule has 0 aliphatic carbocycles. The molecule has 83 heavy (non-hydrogen) atoms. The lowest BCUT2D eigenvalue weighted by Crippen LogP contribution is -2.96. The number of nitrogen functional groups attached to an aromatic ring is 2. The van der Waals surface area contributed by atoms with Gasteiger partial charge < -0.3 is 30.4 Å². The van der Waals surface area contributed by atoms with E-state index in [1.807, 2.05) is 0 Å². The predicted molar refractivity (Wildman–Crippen MR) is 419 cm³/mol. The molecule has 0 unspecified atom stereocenters. The number of hydrogen-bond acceptors (Lipinski definition) is 6. The van der Waals surface area contributed by atoms with E-state index in [4.69, 9.17) is 236 Å². The van der Waals surface area contributed by atoms with Crippen LogP contribution in [0.5, 0.6) is 23.0 Å². The summed E-state index contributed by atoms with van der Waals surface area (Å²) in [5.74, 6) is -0.227. The van der Waals surface area contributed by atoms with E-state index < -0.39 is 185 Å². The molecular formula is C14H7B56Br3F4N2O4. The summed E-state index contributed by atoms with van der Waals surface area (Å²) >= 11 is 9.16. The molecule has 0 fully saturated rings. The first-order valence-electron chi connectivity index (χ1n) is 25.1. The molecule has 69 heteroatoms. The summed E-state index contributed by atoms with van der Waals surface area (Å²) < 4.78 is 68.3. The Labute approximate surface area is 565 Å². The third-order valence-electron chi connectivity index (χ3n) is 14.7. The van der Waals surface area contributed by atoms with Gasteiger partial charge in [0.25, 0.3) is 0 Å².